The summed E-state index contributed by atoms with van der Waals surface area (Å²) in [5, 5.41) is 3.51. The number of nitrogens with zero attached hydrogens (tertiary/aromatic N) is 1. The maximum absolute atomic E-state index is 12.3. The van der Waals surface area contributed by atoms with Crippen molar-refractivity contribution in [2.24, 2.45) is 0 Å². The number of carbonyl (C=O) groups is 1. The van der Waals surface area contributed by atoms with Crippen LogP contribution in [0.15, 0.2) is 30.3 Å². The van der Waals surface area contributed by atoms with Crippen molar-refractivity contribution in [3.63, 3.8) is 0 Å². The molecule has 1 heterocycles. The normalized spacial score (nSPS) is 11.2. The number of nitrogens with one attached hydrogen (secondary N) is 1. The Morgan fingerprint density at radius 3 is 2.08 bits per heavy atom. The zero-order valence-corrected chi connectivity index (χ0v) is 16.3. The number of carbonyl (C=O) groups excluding carboxylic acids is 1. The molecule has 1 aromatic carbocycles. The van der Waals surface area contributed by atoms with Gasteiger partial charge in [0.25, 0.3) is 0 Å². The minimum atomic E-state index is 0.0988. The van der Waals surface area contributed by atoms with E-state index in [1.807, 2.05) is 19.1 Å². The van der Waals surface area contributed by atoms with Crippen LogP contribution in [0.3, 0.4) is 0 Å². The van der Waals surface area contributed by atoms with Crippen molar-refractivity contribution < 1.29 is 4.79 Å². The number of rotatable bonds is 7. The number of pyridine rings is 1. The summed E-state index contributed by atoms with van der Waals surface area (Å²) >= 11 is 0. The van der Waals surface area contributed by atoms with Crippen LogP contribution in [-0.4, -0.2) is 10.8 Å². The molecule has 25 heavy (non-hydrogen) atoms. The van der Waals surface area contributed by atoms with Gasteiger partial charge < -0.3 is 5.32 Å². The van der Waals surface area contributed by atoms with E-state index in [2.05, 4.69) is 63.1 Å². The number of aryl methyl sites for hydroxylation is 1. The van der Waals surface area contributed by atoms with Gasteiger partial charge in [-0.3, -0.25) is 4.79 Å². The largest absolute Gasteiger partial charge is 0.340 e. The molecular weight excluding hydrogens is 308 g/mol. The topological polar surface area (TPSA) is 42.0 Å². The number of hydrogen-bond donors (Lipinski definition) is 1. The first-order valence-electron chi connectivity index (χ1n) is 9.31. The molecule has 0 saturated carbocycles. The maximum Gasteiger partial charge on any atom is 0.181 e. The molecule has 0 unspecified atom stereocenters. The summed E-state index contributed by atoms with van der Waals surface area (Å²) in [7, 11) is 0. The lowest BCUT2D eigenvalue weighted by Gasteiger charge is -2.21. The lowest BCUT2D eigenvalue weighted by molar-refractivity contribution is 0.0982. The molecule has 0 spiro atoms. The first kappa shape index (κ1) is 19.2. The average Bonchev–Trinajstić information content (AvgIpc) is 2.60. The van der Waals surface area contributed by atoms with Gasteiger partial charge in [0.2, 0.25) is 0 Å². The molecule has 2 rings (SSSR count). The van der Waals surface area contributed by atoms with E-state index >= 15 is 0 Å². The molecule has 0 bridgehead atoms. The van der Waals surface area contributed by atoms with Crippen LogP contribution >= 0.6 is 0 Å². The summed E-state index contributed by atoms with van der Waals surface area (Å²) in [5.74, 6) is 1.66. The van der Waals surface area contributed by atoms with Gasteiger partial charge >= 0.3 is 0 Å². The second kappa shape index (κ2) is 8.28. The molecule has 0 fully saturated rings. The van der Waals surface area contributed by atoms with E-state index in [4.69, 9.17) is 0 Å². The van der Waals surface area contributed by atoms with Crippen LogP contribution in [0.5, 0.6) is 0 Å². The quantitative estimate of drug-likeness (QED) is 0.609. The molecular formula is C22H30N2O. The first-order chi connectivity index (χ1) is 11.9. The van der Waals surface area contributed by atoms with E-state index in [1.54, 1.807) is 0 Å². The summed E-state index contributed by atoms with van der Waals surface area (Å²) in [6.07, 6.45) is 1.29. The Morgan fingerprint density at radius 2 is 1.60 bits per heavy atom. The molecule has 0 amide bonds. The number of ketones is 1. The van der Waals surface area contributed by atoms with Crippen LogP contribution in [0.25, 0.3) is 0 Å². The Labute approximate surface area is 151 Å². The third kappa shape index (κ3) is 4.28. The molecule has 1 aromatic heterocycles. The van der Waals surface area contributed by atoms with Crippen LogP contribution in [0, 0.1) is 0 Å². The minimum absolute atomic E-state index is 0.0988. The third-order valence-corrected chi connectivity index (χ3v) is 4.57. The van der Waals surface area contributed by atoms with Crippen LogP contribution in [-0.2, 0) is 6.42 Å². The number of benzene rings is 1. The van der Waals surface area contributed by atoms with Crippen molar-refractivity contribution in [1.29, 1.82) is 0 Å². The lowest BCUT2D eigenvalue weighted by Crippen LogP contribution is -2.09. The summed E-state index contributed by atoms with van der Waals surface area (Å²) in [5.41, 5.74) is 5.28. The monoisotopic (exact) mass is 338 g/mol. The van der Waals surface area contributed by atoms with Crippen molar-refractivity contribution >= 4 is 17.3 Å². The standard InChI is InChI=1S/C22H30N2O/c1-7-16-12-13-20(23-21(16)19(25)8-2)24-22-17(14(3)4)10-9-11-18(22)15(5)6/h9-15H,7-8H2,1-6H3,(H,23,24). The molecule has 0 saturated heterocycles. The fourth-order valence-electron chi connectivity index (χ4n) is 3.08. The van der Waals surface area contributed by atoms with Gasteiger partial charge in [0.05, 0.1) is 0 Å². The van der Waals surface area contributed by atoms with Crippen LogP contribution in [0.2, 0.25) is 0 Å². The van der Waals surface area contributed by atoms with Gasteiger partial charge in [0.15, 0.2) is 5.78 Å². The van der Waals surface area contributed by atoms with E-state index < -0.39 is 0 Å². The highest BCUT2D eigenvalue weighted by molar-refractivity contribution is 5.95. The molecule has 3 heteroatoms. The average molecular weight is 338 g/mol. The predicted octanol–water partition coefficient (Wildman–Crippen LogP) is 6.23. The van der Waals surface area contributed by atoms with Crippen molar-refractivity contribution in [1.82, 2.24) is 4.98 Å². The van der Waals surface area contributed by atoms with Gasteiger partial charge in [-0.2, -0.15) is 0 Å². The molecule has 0 radical (unpaired) electrons. The van der Waals surface area contributed by atoms with Crippen LogP contribution in [0.1, 0.15) is 87.0 Å². The summed E-state index contributed by atoms with van der Waals surface area (Å²) in [6, 6.07) is 10.4. The zero-order chi connectivity index (χ0) is 18.6. The van der Waals surface area contributed by atoms with Crippen molar-refractivity contribution in [2.45, 2.75) is 66.2 Å². The van der Waals surface area contributed by atoms with Gasteiger partial charge in [0.1, 0.15) is 11.5 Å². The molecule has 0 aliphatic carbocycles. The van der Waals surface area contributed by atoms with Crippen LogP contribution < -0.4 is 5.32 Å². The highest BCUT2D eigenvalue weighted by atomic mass is 16.1. The summed E-state index contributed by atoms with van der Waals surface area (Å²) < 4.78 is 0. The Bertz CT molecular complexity index is 721. The van der Waals surface area contributed by atoms with E-state index in [1.165, 1.54) is 11.1 Å². The maximum atomic E-state index is 12.3. The SMILES string of the molecule is CCC(=O)c1nc(Nc2c(C(C)C)cccc2C(C)C)ccc1CC. The smallest absolute Gasteiger partial charge is 0.181 e. The van der Waals surface area contributed by atoms with Gasteiger partial charge in [-0.1, -0.05) is 65.8 Å². The second-order valence-corrected chi connectivity index (χ2v) is 7.08. The van der Waals surface area contributed by atoms with Crippen LogP contribution in [0.4, 0.5) is 11.5 Å². The Balaban J connectivity index is 2.51. The Morgan fingerprint density at radius 1 is 1.00 bits per heavy atom. The second-order valence-electron chi connectivity index (χ2n) is 7.08. The predicted molar refractivity (Wildman–Crippen MR) is 106 cm³/mol. The molecule has 1 N–H and O–H groups in total. The number of hydrogen-bond acceptors (Lipinski definition) is 3. The third-order valence-electron chi connectivity index (χ3n) is 4.57. The number of para-hydroxylation sites is 1. The van der Waals surface area contributed by atoms with E-state index in [9.17, 15) is 4.79 Å². The highest BCUT2D eigenvalue weighted by Crippen LogP contribution is 2.34. The number of Topliss-reactive ketones (excluding diaryl/α,β-unsaturated/α-hetero) is 1. The first-order valence-corrected chi connectivity index (χ1v) is 9.31. The molecule has 3 nitrogen and oxygen atoms in total. The molecule has 2 aromatic rings. The van der Waals surface area contributed by atoms with Gasteiger partial charge in [-0.15, -0.1) is 0 Å². The van der Waals surface area contributed by atoms with Gasteiger partial charge in [-0.05, 0) is 41.0 Å². The summed E-state index contributed by atoms with van der Waals surface area (Å²) in [6.45, 7) is 12.7. The summed E-state index contributed by atoms with van der Waals surface area (Å²) in [4.78, 5) is 16.9. The number of anilines is 2. The highest BCUT2D eigenvalue weighted by Gasteiger charge is 2.16. The zero-order valence-electron chi connectivity index (χ0n) is 16.3. The fourth-order valence-corrected chi connectivity index (χ4v) is 3.08. The molecule has 0 aliphatic heterocycles. The van der Waals surface area contributed by atoms with Crippen molar-refractivity contribution in [3.05, 3.63) is 52.7 Å². The van der Waals surface area contributed by atoms with Gasteiger partial charge in [-0.25, -0.2) is 4.98 Å². The van der Waals surface area contributed by atoms with Crippen molar-refractivity contribution in [2.75, 3.05) is 5.32 Å². The molecule has 0 aliphatic rings. The molecule has 134 valence electrons. The lowest BCUT2D eigenvalue weighted by atomic mass is 9.92. The van der Waals surface area contributed by atoms with E-state index in [-0.39, 0.29) is 5.78 Å². The van der Waals surface area contributed by atoms with E-state index in [0.717, 1.165) is 23.5 Å². The van der Waals surface area contributed by atoms with Crippen molar-refractivity contribution in [3.8, 4) is 0 Å². The van der Waals surface area contributed by atoms with E-state index in [0.29, 0.717) is 24.0 Å². The Kier molecular flexibility index (Phi) is 6.35. The van der Waals surface area contributed by atoms with Gasteiger partial charge in [0, 0.05) is 12.1 Å². The molecule has 0 atom stereocenters. The Hall–Kier alpha value is -2.16. The minimum Gasteiger partial charge on any atom is -0.340 e. The fraction of sp³-hybridized carbons (Fsp3) is 0.455. The number of aromatic nitrogens is 1.